The van der Waals surface area contributed by atoms with E-state index < -0.39 is 0 Å². The molecule has 0 radical (unpaired) electrons. The van der Waals surface area contributed by atoms with Gasteiger partial charge in [-0.15, -0.1) is 12.4 Å². The summed E-state index contributed by atoms with van der Waals surface area (Å²) >= 11 is 0. The minimum Gasteiger partial charge on any atom is -0.338 e. The van der Waals surface area contributed by atoms with E-state index in [1.807, 2.05) is 43.0 Å². The number of halogens is 1. The summed E-state index contributed by atoms with van der Waals surface area (Å²) < 4.78 is 0. The van der Waals surface area contributed by atoms with E-state index in [0.29, 0.717) is 5.56 Å². The molecular formula is C18H27ClN2O2. The zero-order valence-electron chi connectivity index (χ0n) is 14.0. The molecule has 2 atom stereocenters. The van der Waals surface area contributed by atoms with E-state index in [4.69, 9.17) is 5.73 Å². The van der Waals surface area contributed by atoms with Crippen molar-refractivity contribution in [2.24, 2.45) is 5.73 Å². The summed E-state index contributed by atoms with van der Waals surface area (Å²) in [5, 5.41) is 0. The van der Waals surface area contributed by atoms with Crippen molar-refractivity contribution in [3.63, 3.8) is 0 Å². The number of benzene rings is 1. The van der Waals surface area contributed by atoms with Crippen molar-refractivity contribution in [2.75, 3.05) is 6.54 Å². The molecule has 0 aromatic heterocycles. The fraction of sp³-hybridized carbons (Fsp3) is 0.556. The van der Waals surface area contributed by atoms with Gasteiger partial charge in [-0.2, -0.15) is 0 Å². The van der Waals surface area contributed by atoms with Gasteiger partial charge < -0.3 is 10.6 Å². The van der Waals surface area contributed by atoms with Crippen molar-refractivity contribution in [3.05, 3.63) is 35.4 Å². The summed E-state index contributed by atoms with van der Waals surface area (Å²) in [6, 6.07) is 7.60. The second-order valence-corrected chi connectivity index (χ2v) is 6.30. The Morgan fingerprint density at radius 1 is 1.22 bits per heavy atom. The van der Waals surface area contributed by atoms with Gasteiger partial charge in [-0.05, 0) is 33.1 Å². The first-order valence-electron chi connectivity index (χ1n) is 8.14. The summed E-state index contributed by atoms with van der Waals surface area (Å²) in [7, 11) is 0. The van der Waals surface area contributed by atoms with Crippen LogP contribution < -0.4 is 5.73 Å². The van der Waals surface area contributed by atoms with Crippen LogP contribution in [-0.4, -0.2) is 35.2 Å². The maximum atomic E-state index is 12.4. The van der Waals surface area contributed by atoms with Gasteiger partial charge in [0.15, 0.2) is 5.78 Å². The number of carbonyl (C=O) groups excluding carboxylic acids is 2. The number of rotatable bonds is 5. The predicted molar refractivity (Wildman–Crippen MR) is 95.0 cm³/mol. The fourth-order valence-electron chi connectivity index (χ4n) is 3.06. The molecule has 1 heterocycles. The molecule has 2 rings (SSSR count). The molecule has 0 bridgehead atoms. The van der Waals surface area contributed by atoms with Gasteiger partial charge in [-0.3, -0.25) is 9.59 Å². The third-order valence-electron chi connectivity index (χ3n) is 4.42. The van der Waals surface area contributed by atoms with Crippen LogP contribution in [0, 0.1) is 6.92 Å². The Morgan fingerprint density at radius 2 is 1.87 bits per heavy atom. The average Bonchev–Trinajstić information content (AvgIpc) is 2.53. The molecule has 1 aliphatic rings. The Balaban J connectivity index is 0.00000264. The van der Waals surface area contributed by atoms with Gasteiger partial charge in [0, 0.05) is 37.0 Å². The second kappa shape index (κ2) is 9.04. The Morgan fingerprint density at radius 3 is 2.48 bits per heavy atom. The van der Waals surface area contributed by atoms with Crippen LogP contribution in [-0.2, 0) is 4.79 Å². The lowest BCUT2D eigenvalue weighted by atomic mass is 9.96. The number of carbonyl (C=O) groups is 2. The number of aryl methyl sites for hydroxylation is 1. The number of likely N-dealkylation sites (tertiary alicyclic amines) is 1. The first kappa shape index (κ1) is 19.7. The first-order valence-corrected chi connectivity index (χ1v) is 8.14. The summed E-state index contributed by atoms with van der Waals surface area (Å²) in [4.78, 5) is 26.5. The molecule has 1 amide bonds. The minimum atomic E-state index is -0.0166. The van der Waals surface area contributed by atoms with Crippen LogP contribution in [0.2, 0.25) is 0 Å². The zero-order chi connectivity index (χ0) is 16.1. The smallest absolute Gasteiger partial charge is 0.223 e. The van der Waals surface area contributed by atoms with E-state index in [-0.39, 0.29) is 49.0 Å². The normalized spacial score (nSPS) is 18.9. The van der Waals surface area contributed by atoms with Crippen molar-refractivity contribution in [1.82, 2.24) is 4.90 Å². The van der Waals surface area contributed by atoms with E-state index in [1.165, 1.54) is 0 Å². The Bertz CT molecular complexity index is 528. The van der Waals surface area contributed by atoms with Crippen molar-refractivity contribution in [3.8, 4) is 0 Å². The van der Waals surface area contributed by atoms with Gasteiger partial charge in [0.05, 0.1) is 0 Å². The molecule has 2 unspecified atom stereocenters. The lowest BCUT2D eigenvalue weighted by molar-refractivity contribution is -0.135. The van der Waals surface area contributed by atoms with Gasteiger partial charge in [-0.25, -0.2) is 0 Å². The van der Waals surface area contributed by atoms with Crippen LogP contribution in [0.3, 0.4) is 0 Å². The molecule has 1 aliphatic heterocycles. The number of ketones is 1. The fourth-order valence-corrected chi connectivity index (χ4v) is 3.06. The van der Waals surface area contributed by atoms with Crippen LogP contribution in [0.15, 0.2) is 24.3 Å². The number of Topliss-reactive ketones (excluding diaryl/α,β-unsaturated/α-hetero) is 1. The molecule has 0 spiro atoms. The zero-order valence-corrected chi connectivity index (χ0v) is 14.8. The van der Waals surface area contributed by atoms with E-state index >= 15 is 0 Å². The van der Waals surface area contributed by atoms with Crippen LogP contribution >= 0.6 is 12.4 Å². The van der Waals surface area contributed by atoms with E-state index in [1.54, 1.807) is 0 Å². The monoisotopic (exact) mass is 338 g/mol. The molecule has 4 nitrogen and oxygen atoms in total. The molecular weight excluding hydrogens is 312 g/mol. The number of nitrogens with zero attached hydrogens (tertiary/aromatic N) is 1. The third kappa shape index (κ3) is 5.33. The van der Waals surface area contributed by atoms with E-state index in [9.17, 15) is 9.59 Å². The number of nitrogens with two attached hydrogens (primary N) is 1. The molecule has 1 aromatic rings. The first-order chi connectivity index (χ1) is 10.5. The summed E-state index contributed by atoms with van der Waals surface area (Å²) in [5.41, 5.74) is 7.80. The average molecular weight is 339 g/mol. The van der Waals surface area contributed by atoms with Crippen molar-refractivity contribution >= 4 is 24.1 Å². The molecule has 2 N–H and O–H groups in total. The lowest BCUT2D eigenvalue weighted by Gasteiger charge is -2.38. The number of amides is 1. The maximum absolute atomic E-state index is 12.4. The SMILES string of the molecule is Cc1ccc(C(=O)CCC(=O)N2CCCCC2C(C)N)cc1.Cl. The number of hydrogen-bond acceptors (Lipinski definition) is 3. The molecule has 0 saturated carbocycles. The van der Waals surface area contributed by atoms with Crippen molar-refractivity contribution in [1.29, 1.82) is 0 Å². The van der Waals surface area contributed by atoms with Gasteiger partial charge >= 0.3 is 0 Å². The highest BCUT2D eigenvalue weighted by Gasteiger charge is 2.29. The molecule has 5 heteroatoms. The minimum absolute atomic E-state index is 0. The summed E-state index contributed by atoms with van der Waals surface area (Å²) in [6.07, 6.45) is 3.66. The molecule has 1 aromatic carbocycles. The molecule has 0 aliphatic carbocycles. The second-order valence-electron chi connectivity index (χ2n) is 6.30. The summed E-state index contributed by atoms with van der Waals surface area (Å²) in [6.45, 7) is 4.71. The number of hydrogen-bond donors (Lipinski definition) is 1. The molecule has 1 saturated heterocycles. The van der Waals surface area contributed by atoms with Crippen LogP contribution in [0.5, 0.6) is 0 Å². The largest absolute Gasteiger partial charge is 0.338 e. The topological polar surface area (TPSA) is 63.4 Å². The standard InChI is InChI=1S/C18H26N2O2.ClH/c1-13-6-8-15(9-7-13)17(21)10-11-18(22)20-12-4-3-5-16(20)14(2)19;/h6-9,14,16H,3-5,10-12,19H2,1-2H3;1H. The van der Waals surface area contributed by atoms with Crippen LogP contribution in [0.25, 0.3) is 0 Å². The van der Waals surface area contributed by atoms with Gasteiger partial charge in [0.2, 0.25) is 5.91 Å². The Hall–Kier alpha value is -1.39. The molecule has 128 valence electrons. The van der Waals surface area contributed by atoms with Crippen molar-refractivity contribution in [2.45, 2.75) is 58.0 Å². The highest BCUT2D eigenvalue weighted by Crippen LogP contribution is 2.20. The third-order valence-corrected chi connectivity index (χ3v) is 4.42. The van der Waals surface area contributed by atoms with Crippen LogP contribution in [0.4, 0.5) is 0 Å². The molecule has 1 fully saturated rings. The highest BCUT2D eigenvalue weighted by molar-refractivity contribution is 5.98. The van der Waals surface area contributed by atoms with Crippen molar-refractivity contribution < 1.29 is 9.59 Å². The van der Waals surface area contributed by atoms with E-state index in [2.05, 4.69) is 0 Å². The van der Waals surface area contributed by atoms with Gasteiger partial charge in [0.1, 0.15) is 0 Å². The Labute approximate surface area is 144 Å². The van der Waals surface area contributed by atoms with Gasteiger partial charge in [-0.1, -0.05) is 29.8 Å². The maximum Gasteiger partial charge on any atom is 0.223 e. The van der Waals surface area contributed by atoms with Crippen LogP contribution in [0.1, 0.15) is 54.9 Å². The highest BCUT2D eigenvalue weighted by atomic mass is 35.5. The predicted octanol–water partition coefficient (Wildman–Crippen LogP) is 3.11. The number of piperidine rings is 1. The Kier molecular flexibility index (Phi) is 7.73. The quantitative estimate of drug-likeness (QED) is 0.839. The summed E-state index contributed by atoms with van der Waals surface area (Å²) in [5.74, 6) is 0.0881. The molecule has 23 heavy (non-hydrogen) atoms. The van der Waals surface area contributed by atoms with E-state index in [0.717, 1.165) is 31.4 Å². The lowest BCUT2D eigenvalue weighted by Crippen LogP contribution is -2.51. The van der Waals surface area contributed by atoms with Gasteiger partial charge in [0.25, 0.3) is 0 Å².